The van der Waals surface area contributed by atoms with Crippen LogP contribution in [0.1, 0.15) is 23.1 Å². The third-order valence-electron chi connectivity index (χ3n) is 2.94. The van der Waals surface area contributed by atoms with E-state index in [1.807, 2.05) is 19.1 Å². The summed E-state index contributed by atoms with van der Waals surface area (Å²) in [7, 11) is -3.51. The molecule has 0 aromatic carbocycles. The lowest BCUT2D eigenvalue weighted by atomic mass is 10.1. The average molecular weight is 311 g/mol. The number of nitrogens with two attached hydrogens (primary N) is 1. The Morgan fingerprint density at radius 3 is 2.90 bits per heavy atom. The zero-order valence-corrected chi connectivity index (χ0v) is 12.8. The maximum Gasteiger partial charge on any atom is 0.241 e. The number of nitrogens with zero attached hydrogens (tertiary/aromatic N) is 1. The van der Waals surface area contributed by atoms with Crippen molar-refractivity contribution in [1.29, 1.82) is 0 Å². The van der Waals surface area contributed by atoms with Crippen LogP contribution in [0.3, 0.4) is 0 Å². The van der Waals surface area contributed by atoms with E-state index >= 15 is 0 Å². The molecule has 2 aromatic heterocycles. The van der Waals surface area contributed by atoms with E-state index in [0.717, 1.165) is 22.6 Å². The molecule has 0 aliphatic rings. The predicted octanol–water partition coefficient (Wildman–Crippen LogP) is 1.64. The summed E-state index contributed by atoms with van der Waals surface area (Å²) in [6.07, 6.45) is 2.49. The van der Waals surface area contributed by atoms with Gasteiger partial charge in [-0.25, -0.2) is 13.1 Å². The highest BCUT2D eigenvalue weighted by atomic mass is 32.2. The minimum Gasteiger partial charge on any atom is -0.326 e. The Bertz CT molecular complexity index is 680. The van der Waals surface area contributed by atoms with E-state index in [1.165, 1.54) is 11.3 Å². The van der Waals surface area contributed by atoms with Crippen molar-refractivity contribution in [3.63, 3.8) is 0 Å². The summed E-state index contributed by atoms with van der Waals surface area (Å²) < 4.78 is 26.9. The van der Waals surface area contributed by atoms with Crippen molar-refractivity contribution in [3.8, 4) is 0 Å². The molecule has 7 heteroatoms. The number of pyridine rings is 1. The van der Waals surface area contributed by atoms with Crippen molar-refractivity contribution in [2.45, 2.75) is 31.3 Å². The highest BCUT2D eigenvalue weighted by molar-refractivity contribution is 7.89. The molecule has 0 aliphatic carbocycles. The number of thiophene rings is 1. The third kappa shape index (κ3) is 3.43. The largest absolute Gasteiger partial charge is 0.326 e. The van der Waals surface area contributed by atoms with E-state index in [2.05, 4.69) is 9.71 Å². The molecule has 0 saturated heterocycles. The van der Waals surface area contributed by atoms with Crippen molar-refractivity contribution < 1.29 is 8.42 Å². The molecule has 0 saturated carbocycles. The second kappa shape index (κ2) is 6.45. The molecule has 2 heterocycles. The lowest BCUT2D eigenvalue weighted by Gasteiger charge is -2.08. The van der Waals surface area contributed by atoms with Crippen LogP contribution in [0.15, 0.2) is 34.7 Å². The van der Waals surface area contributed by atoms with Gasteiger partial charge in [-0.15, -0.1) is 11.3 Å². The highest BCUT2D eigenvalue weighted by Crippen LogP contribution is 2.19. The molecule has 0 aliphatic heterocycles. The van der Waals surface area contributed by atoms with Gasteiger partial charge in [-0.3, -0.25) is 4.98 Å². The average Bonchev–Trinajstić information content (AvgIpc) is 2.95. The molecule has 0 bridgehead atoms. The monoisotopic (exact) mass is 311 g/mol. The molecule has 3 N–H and O–H groups in total. The minimum absolute atomic E-state index is 0.195. The summed E-state index contributed by atoms with van der Waals surface area (Å²) in [4.78, 5) is 5.33. The van der Waals surface area contributed by atoms with E-state index in [0.29, 0.717) is 6.54 Å². The molecule has 5 nitrogen and oxygen atoms in total. The minimum atomic E-state index is -3.51. The van der Waals surface area contributed by atoms with Gasteiger partial charge in [0.2, 0.25) is 10.0 Å². The summed E-state index contributed by atoms with van der Waals surface area (Å²) in [5, 5.41) is 1.60. The van der Waals surface area contributed by atoms with Crippen molar-refractivity contribution in [2.24, 2.45) is 5.73 Å². The van der Waals surface area contributed by atoms with Crippen molar-refractivity contribution in [1.82, 2.24) is 9.71 Å². The van der Waals surface area contributed by atoms with Crippen LogP contribution in [-0.4, -0.2) is 13.4 Å². The number of aromatic nitrogens is 1. The quantitative estimate of drug-likeness (QED) is 0.849. The molecule has 20 heavy (non-hydrogen) atoms. The van der Waals surface area contributed by atoms with Crippen LogP contribution >= 0.6 is 11.3 Å². The molecule has 0 radical (unpaired) electrons. The standard InChI is InChI=1S/C13H17N3O2S2/c1-2-10-4-3-5-15-13(10)8-16-20(17,18)12-6-11(7-14)19-9-12/h3-6,9,16H,2,7-8,14H2,1H3. The molecule has 2 rings (SSSR count). The smallest absolute Gasteiger partial charge is 0.241 e. The van der Waals surface area contributed by atoms with E-state index in [1.54, 1.807) is 17.6 Å². The first kappa shape index (κ1) is 15.1. The Morgan fingerprint density at radius 1 is 1.45 bits per heavy atom. The van der Waals surface area contributed by atoms with Gasteiger partial charge in [0.25, 0.3) is 0 Å². The topological polar surface area (TPSA) is 85.1 Å². The molecule has 0 amide bonds. The van der Waals surface area contributed by atoms with Gasteiger partial charge in [0.1, 0.15) is 0 Å². The summed E-state index contributed by atoms with van der Waals surface area (Å²) >= 11 is 1.35. The van der Waals surface area contributed by atoms with Crippen LogP contribution in [0.5, 0.6) is 0 Å². The molecule has 0 unspecified atom stereocenters. The number of sulfonamides is 1. The van der Waals surface area contributed by atoms with Gasteiger partial charge in [0.05, 0.1) is 17.1 Å². The van der Waals surface area contributed by atoms with E-state index in [-0.39, 0.29) is 11.4 Å². The van der Waals surface area contributed by atoms with Crippen LogP contribution in [0.25, 0.3) is 0 Å². The SMILES string of the molecule is CCc1cccnc1CNS(=O)(=O)c1csc(CN)c1. The van der Waals surface area contributed by atoms with Gasteiger partial charge >= 0.3 is 0 Å². The van der Waals surface area contributed by atoms with Gasteiger partial charge < -0.3 is 5.73 Å². The summed E-state index contributed by atoms with van der Waals surface area (Å²) in [5.41, 5.74) is 7.30. The van der Waals surface area contributed by atoms with E-state index in [9.17, 15) is 8.42 Å². The first-order valence-corrected chi connectivity index (χ1v) is 8.63. The van der Waals surface area contributed by atoms with Crippen LogP contribution in [-0.2, 0) is 29.5 Å². The fraction of sp³-hybridized carbons (Fsp3) is 0.308. The second-order valence-electron chi connectivity index (χ2n) is 4.24. The van der Waals surface area contributed by atoms with E-state index in [4.69, 9.17) is 5.73 Å². The third-order valence-corrected chi connectivity index (χ3v) is 5.43. The van der Waals surface area contributed by atoms with Crippen molar-refractivity contribution in [2.75, 3.05) is 0 Å². The van der Waals surface area contributed by atoms with Gasteiger partial charge in [0.15, 0.2) is 0 Å². The summed E-state index contributed by atoms with van der Waals surface area (Å²) in [6.45, 7) is 2.56. The Kier molecular flexibility index (Phi) is 4.87. The van der Waals surface area contributed by atoms with Gasteiger partial charge in [-0.05, 0) is 24.1 Å². The van der Waals surface area contributed by atoms with Gasteiger partial charge in [0, 0.05) is 23.0 Å². The lowest BCUT2D eigenvalue weighted by Crippen LogP contribution is -2.24. The van der Waals surface area contributed by atoms with E-state index < -0.39 is 10.0 Å². The lowest BCUT2D eigenvalue weighted by molar-refractivity contribution is 0.580. The number of rotatable bonds is 6. The van der Waals surface area contributed by atoms with Crippen LogP contribution in [0.4, 0.5) is 0 Å². The number of aryl methyl sites for hydroxylation is 1. The zero-order chi connectivity index (χ0) is 14.6. The predicted molar refractivity (Wildman–Crippen MR) is 79.9 cm³/mol. The fourth-order valence-electron chi connectivity index (χ4n) is 1.81. The zero-order valence-electron chi connectivity index (χ0n) is 11.2. The summed E-state index contributed by atoms with van der Waals surface area (Å²) in [5.74, 6) is 0. The molecule has 108 valence electrons. The summed E-state index contributed by atoms with van der Waals surface area (Å²) in [6, 6.07) is 5.41. The van der Waals surface area contributed by atoms with Gasteiger partial charge in [-0.1, -0.05) is 13.0 Å². The maximum atomic E-state index is 12.2. The Hall–Kier alpha value is -1.28. The Labute approximate surface area is 122 Å². The van der Waals surface area contributed by atoms with Crippen molar-refractivity contribution in [3.05, 3.63) is 45.9 Å². The molecular weight excluding hydrogens is 294 g/mol. The van der Waals surface area contributed by atoms with Crippen LogP contribution < -0.4 is 10.5 Å². The Morgan fingerprint density at radius 2 is 2.25 bits per heavy atom. The van der Waals surface area contributed by atoms with Crippen LogP contribution in [0, 0.1) is 0 Å². The van der Waals surface area contributed by atoms with Crippen LogP contribution in [0.2, 0.25) is 0 Å². The highest BCUT2D eigenvalue weighted by Gasteiger charge is 2.16. The molecular formula is C13H17N3O2S2. The van der Waals surface area contributed by atoms with Crippen molar-refractivity contribution >= 4 is 21.4 Å². The number of nitrogens with one attached hydrogen (secondary N) is 1. The maximum absolute atomic E-state index is 12.2. The number of hydrogen-bond donors (Lipinski definition) is 2. The first-order valence-electron chi connectivity index (χ1n) is 6.26. The first-order chi connectivity index (χ1) is 9.56. The Balaban J connectivity index is 2.13. The molecule has 0 fully saturated rings. The second-order valence-corrected chi connectivity index (χ2v) is 7.00. The molecule has 0 atom stereocenters. The van der Waals surface area contributed by atoms with Gasteiger partial charge in [-0.2, -0.15) is 0 Å². The molecule has 2 aromatic rings. The fourth-order valence-corrected chi connectivity index (χ4v) is 3.95. The molecule has 0 spiro atoms. The number of hydrogen-bond acceptors (Lipinski definition) is 5. The normalized spacial score (nSPS) is 11.7.